The maximum atomic E-state index is 12.3. The van der Waals surface area contributed by atoms with Crippen LogP contribution in [0.2, 0.25) is 0 Å². The fourth-order valence-electron chi connectivity index (χ4n) is 3.31. The van der Waals surface area contributed by atoms with Crippen molar-refractivity contribution < 1.29 is 4.79 Å². The van der Waals surface area contributed by atoms with Crippen LogP contribution in [0.5, 0.6) is 0 Å². The highest BCUT2D eigenvalue weighted by molar-refractivity contribution is 7.19. The molecule has 0 radical (unpaired) electrons. The van der Waals surface area contributed by atoms with E-state index in [2.05, 4.69) is 37.3 Å². The standard InChI is InChI=1S/C17H17N5OS/c23-15(20-11-5-6-11)17-21-13-14(18-9-19-16(13)24-17)22-8-7-10-3-1-2-4-12(10)22/h3-4,9,11H,1-2,5-8H2,(H,20,23). The lowest BCUT2D eigenvalue weighted by atomic mass is 10.0. The molecule has 1 saturated heterocycles. The molecule has 5 rings (SSSR count). The normalized spacial score (nSPS) is 19.9. The van der Waals surface area contributed by atoms with Crippen molar-refractivity contribution in [2.24, 2.45) is 0 Å². The zero-order valence-electron chi connectivity index (χ0n) is 13.2. The lowest BCUT2D eigenvalue weighted by molar-refractivity contribution is 0.0951. The molecule has 3 heterocycles. The molecule has 0 atom stereocenters. The number of carbonyl (C=O) groups excluding carboxylic acids is 1. The molecule has 0 bridgehead atoms. The van der Waals surface area contributed by atoms with Crippen molar-refractivity contribution in [3.05, 3.63) is 34.8 Å². The minimum absolute atomic E-state index is 0.0923. The summed E-state index contributed by atoms with van der Waals surface area (Å²) in [4.78, 5) is 28.6. The van der Waals surface area contributed by atoms with E-state index in [9.17, 15) is 4.79 Å². The van der Waals surface area contributed by atoms with Crippen LogP contribution in [0.3, 0.4) is 0 Å². The number of hydrogen-bond acceptors (Lipinski definition) is 6. The Morgan fingerprint density at radius 2 is 2.12 bits per heavy atom. The Hall–Kier alpha value is -2.28. The van der Waals surface area contributed by atoms with Gasteiger partial charge in [-0.1, -0.05) is 23.5 Å². The highest BCUT2D eigenvalue weighted by Crippen LogP contribution is 2.37. The van der Waals surface area contributed by atoms with Crippen LogP contribution in [0.25, 0.3) is 10.3 Å². The SMILES string of the molecule is O=C(NC1CC1)c1nc2c(N3CCC4=CCCC=C43)ncnc2s1. The van der Waals surface area contributed by atoms with Gasteiger partial charge in [0.05, 0.1) is 0 Å². The number of amides is 1. The summed E-state index contributed by atoms with van der Waals surface area (Å²) in [5.74, 6) is 0.726. The first kappa shape index (κ1) is 14.1. The Morgan fingerprint density at radius 1 is 1.25 bits per heavy atom. The second-order valence-electron chi connectivity index (χ2n) is 6.42. The number of allylic oxidation sites excluding steroid dienone is 3. The van der Waals surface area contributed by atoms with Gasteiger partial charge in [-0.2, -0.15) is 0 Å². The van der Waals surface area contributed by atoms with Gasteiger partial charge >= 0.3 is 0 Å². The lowest BCUT2D eigenvalue weighted by Crippen LogP contribution is -2.25. The number of hydrogen-bond donors (Lipinski definition) is 1. The van der Waals surface area contributed by atoms with Crippen molar-refractivity contribution in [2.45, 2.75) is 38.1 Å². The van der Waals surface area contributed by atoms with Crippen molar-refractivity contribution >= 4 is 33.4 Å². The van der Waals surface area contributed by atoms with Gasteiger partial charge in [-0.15, -0.1) is 0 Å². The zero-order valence-corrected chi connectivity index (χ0v) is 14.0. The van der Waals surface area contributed by atoms with Crippen LogP contribution in [0.15, 0.2) is 29.7 Å². The maximum absolute atomic E-state index is 12.3. The Balaban J connectivity index is 1.54. The number of anilines is 1. The molecule has 1 N–H and O–H groups in total. The van der Waals surface area contributed by atoms with Gasteiger partial charge < -0.3 is 10.2 Å². The van der Waals surface area contributed by atoms with Gasteiger partial charge in [0.1, 0.15) is 16.7 Å². The summed E-state index contributed by atoms with van der Waals surface area (Å²) >= 11 is 1.34. The van der Waals surface area contributed by atoms with E-state index in [-0.39, 0.29) is 5.91 Å². The summed E-state index contributed by atoms with van der Waals surface area (Å²) in [7, 11) is 0. The van der Waals surface area contributed by atoms with Crippen molar-refractivity contribution in [1.82, 2.24) is 20.3 Å². The molecule has 24 heavy (non-hydrogen) atoms. The minimum atomic E-state index is -0.0923. The first-order valence-electron chi connectivity index (χ1n) is 8.39. The molecule has 6 nitrogen and oxygen atoms in total. The number of thiazole rings is 1. The molecular formula is C17H17N5OS. The number of carbonyl (C=O) groups is 1. The Bertz CT molecular complexity index is 896. The first-order valence-corrected chi connectivity index (χ1v) is 9.21. The van der Waals surface area contributed by atoms with Gasteiger partial charge in [-0.05, 0) is 37.7 Å². The summed E-state index contributed by atoms with van der Waals surface area (Å²) in [5.41, 5.74) is 3.38. The van der Waals surface area contributed by atoms with Crippen molar-refractivity contribution in [2.75, 3.05) is 11.4 Å². The Labute approximate surface area is 143 Å². The van der Waals surface area contributed by atoms with E-state index in [1.54, 1.807) is 6.33 Å². The summed E-state index contributed by atoms with van der Waals surface area (Å²) in [6, 6.07) is 0.328. The third-order valence-electron chi connectivity index (χ3n) is 4.66. The first-order chi connectivity index (χ1) is 11.8. The van der Waals surface area contributed by atoms with Crippen molar-refractivity contribution in [3.63, 3.8) is 0 Å². The summed E-state index contributed by atoms with van der Waals surface area (Å²) in [6.07, 6.45) is 11.5. The molecule has 1 saturated carbocycles. The van der Waals surface area contributed by atoms with E-state index in [0.29, 0.717) is 11.0 Å². The smallest absolute Gasteiger partial charge is 0.280 e. The van der Waals surface area contributed by atoms with Crippen molar-refractivity contribution in [3.8, 4) is 0 Å². The molecule has 1 amide bonds. The van der Waals surface area contributed by atoms with Gasteiger partial charge in [0.25, 0.3) is 5.91 Å². The average molecular weight is 339 g/mol. The molecule has 2 aromatic rings. The molecule has 7 heteroatoms. The van der Waals surface area contributed by atoms with E-state index in [1.165, 1.54) is 22.6 Å². The predicted octanol–water partition coefficient (Wildman–Crippen LogP) is 2.79. The Morgan fingerprint density at radius 3 is 3.00 bits per heavy atom. The van der Waals surface area contributed by atoms with Gasteiger partial charge in [-0.3, -0.25) is 4.79 Å². The highest BCUT2D eigenvalue weighted by Gasteiger charge is 2.29. The highest BCUT2D eigenvalue weighted by atomic mass is 32.1. The number of nitrogens with zero attached hydrogens (tertiary/aromatic N) is 4. The van der Waals surface area contributed by atoms with E-state index < -0.39 is 0 Å². The average Bonchev–Trinajstić information content (AvgIpc) is 3.15. The number of aromatic nitrogens is 3. The third-order valence-corrected chi connectivity index (χ3v) is 5.62. The molecule has 2 aliphatic carbocycles. The molecule has 2 aromatic heterocycles. The lowest BCUT2D eigenvalue weighted by Gasteiger charge is -2.20. The summed E-state index contributed by atoms with van der Waals surface area (Å²) in [6.45, 7) is 0.908. The Kier molecular flexibility index (Phi) is 3.16. The van der Waals surface area contributed by atoms with E-state index in [1.807, 2.05) is 0 Å². The summed E-state index contributed by atoms with van der Waals surface area (Å²) < 4.78 is 0. The third kappa shape index (κ3) is 2.31. The van der Waals surface area contributed by atoms with E-state index in [0.717, 1.165) is 54.8 Å². The van der Waals surface area contributed by atoms with Crippen LogP contribution in [0.1, 0.15) is 41.9 Å². The molecule has 3 aliphatic rings. The van der Waals surface area contributed by atoms with Gasteiger partial charge in [0.2, 0.25) is 0 Å². The fourth-order valence-corrected chi connectivity index (χ4v) is 4.12. The second kappa shape index (κ2) is 5.37. The molecular weight excluding hydrogens is 322 g/mol. The molecule has 122 valence electrons. The van der Waals surface area contributed by atoms with Crippen molar-refractivity contribution in [1.29, 1.82) is 0 Å². The minimum Gasteiger partial charge on any atom is -0.347 e. The van der Waals surface area contributed by atoms with Crippen LogP contribution in [0, 0.1) is 0 Å². The molecule has 1 aliphatic heterocycles. The quantitative estimate of drug-likeness (QED) is 0.931. The van der Waals surface area contributed by atoms with Crippen LogP contribution >= 0.6 is 11.3 Å². The zero-order chi connectivity index (χ0) is 16.1. The number of fused-ring (bicyclic) bond motifs is 2. The molecule has 0 aromatic carbocycles. The largest absolute Gasteiger partial charge is 0.347 e. The van der Waals surface area contributed by atoms with E-state index in [4.69, 9.17) is 0 Å². The van der Waals surface area contributed by atoms with Gasteiger partial charge in [-0.25, -0.2) is 15.0 Å². The maximum Gasteiger partial charge on any atom is 0.280 e. The molecule has 2 fully saturated rings. The topological polar surface area (TPSA) is 71.0 Å². The number of rotatable bonds is 3. The molecule has 0 spiro atoms. The van der Waals surface area contributed by atoms with Crippen LogP contribution in [-0.2, 0) is 0 Å². The van der Waals surface area contributed by atoms with Gasteiger partial charge in [0.15, 0.2) is 10.8 Å². The second-order valence-corrected chi connectivity index (χ2v) is 7.39. The predicted molar refractivity (Wildman–Crippen MR) is 93.1 cm³/mol. The monoisotopic (exact) mass is 339 g/mol. The summed E-state index contributed by atoms with van der Waals surface area (Å²) in [5, 5.41) is 3.47. The van der Waals surface area contributed by atoms with E-state index >= 15 is 0 Å². The van der Waals surface area contributed by atoms with Crippen LogP contribution in [-0.4, -0.2) is 33.4 Å². The molecule has 0 unspecified atom stereocenters. The fraction of sp³-hybridized carbons (Fsp3) is 0.412. The van der Waals surface area contributed by atoms with Crippen LogP contribution in [0.4, 0.5) is 5.82 Å². The van der Waals surface area contributed by atoms with Crippen LogP contribution < -0.4 is 10.2 Å². The number of nitrogens with one attached hydrogen (secondary N) is 1. The van der Waals surface area contributed by atoms with Gasteiger partial charge in [0, 0.05) is 18.3 Å².